The molecule has 0 aliphatic rings. The molecule has 26 heavy (non-hydrogen) atoms. The number of halogens is 1. The third-order valence-corrected chi connectivity index (χ3v) is 5.56. The number of carbonyl (C=O) groups is 1. The molecule has 0 unspecified atom stereocenters. The number of benzene rings is 2. The standard InChI is InChI=1S/C18H21BrN2O4S/c1-4-25-15-11-9-14(10-12-15)21(26(3,23)24)13(2)18(22)20-17-8-6-5-7-16(17)19/h5-13H,4H2,1-3H3,(H,20,22)/t13-/m1/s1. The van der Waals surface area contributed by atoms with Crippen LogP contribution in [0.25, 0.3) is 0 Å². The minimum atomic E-state index is -3.67. The molecule has 0 aliphatic carbocycles. The van der Waals surface area contributed by atoms with Crippen molar-refractivity contribution in [3.8, 4) is 5.75 Å². The lowest BCUT2D eigenvalue weighted by Gasteiger charge is -2.28. The maximum absolute atomic E-state index is 12.6. The second-order valence-electron chi connectivity index (χ2n) is 5.63. The topological polar surface area (TPSA) is 75.7 Å². The number of hydrogen-bond donors (Lipinski definition) is 1. The van der Waals surface area contributed by atoms with Gasteiger partial charge in [0.2, 0.25) is 15.9 Å². The van der Waals surface area contributed by atoms with Gasteiger partial charge in [0.25, 0.3) is 0 Å². The van der Waals surface area contributed by atoms with Crippen LogP contribution in [0.3, 0.4) is 0 Å². The summed E-state index contributed by atoms with van der Waals surface area (Å²) in [4.78, 5) is 12.6. The summed E-state index contributed by atoms with van der Waals surface area (Å²) < 4.78 is 31.8. The number of amides is 1. The van der Waals surface area contributed by atoms with Crippen LogP contribution in [0, 0.1) is 0 Å². The van der Waals surface area contributed by atoms with E-state index in [-0.39, 0.29) is 0 Å². The van der Waals surface area contributed by atoms with E-state index in [0.717, 1.165) is 10.6 Å². The lowest BCUT2D eigenvalue weighted by Crippen LogP contribution is -2.45. The van der Waals surface area contributed by atoms with Crippen LogP contribution in [-0.4, -0.2) is 33.2 Å². The molecule has 0 aromatic heterocycles. The Morgan fingerprint density at radius 2 is 1.81 bits per heavy atom. The second-order valence-corrected chi connectivity index (χ2v) is 8.34. The summed E-state index contributed by atoms with van der Waals surface area (Å²) in [7, 11) is -3.67. The van der Waals surface area contributed by atoms with E-state index in [1.54, 1.807) is 49.4 Å². The molecule has 0 radical (unpaired) electrons. The largest absolute Gasteiger partial charge is 0.494 e. The number of para-hydroxylation sites is 1. The minimum absolute atomic E-state index is 0.394. The first-order valence-corrected chi connectivity index (χ1v) is 10.7. The predicted octanol–water partition coefficient (Wildman–Crippen LogP) is 3.64. The molecule has 140 valence electrons. The van der Waals surface area contributed by atoms with Gasteiger partial charge >= 0.3 is 0 Å². The minimum Gasteiger partial charge on any atom is -0.494 e. The Morgan fingerprint density at radius 1 is 1.19 bits per heavy atom. The van der Waals surface area contributed by atoms with Crippen molar-refractivity contribution in [3.05, 3.63) is 53.0 Å². The molecule has 0 saturated heterocycles. The fourth-order valence-electron chi connectivity index (χ4n) is 2.46. The zero-order valence-electron chi connectivity index (χ0n) is 14.8. The molecular weight excluding hydrogens is 420 g/mol. The Hall–Kier alpha value is -2.06. The van der Waals surface area contributed by atoms with E-state index in [2.05, 4.69) is 21.2 Å². The lowest BCUT2D eigenvalue weighted by atomic mass is 10.2. The Morgan fingerprint density at radius 3 is 2.35 bits per heavy atom. The monoisotopic (exact) mass is 440 g/mol. The van der Waals surface area contributed by atoms with E-state index in [1.165, 1.54) is 0 Å². The molecule has 1 N–H and O–H groups in total. The van der Waals surface area contributed by atoms with Crippen molar-refractivity contribution in [3.63, 3.8) is 0 Å². The molecule has 2 rings (SSSR count). The zero-order chi connectivity index (χ0) is 19.3. The molecule has 0 heterocycles. The first kappa shape index (κ1) is 20.3. The van der Waals surface area contributed by atoms with Gasteiger partial charge in [-0.05, 0) is 66.2 Å². The number of hydrogen-bond acceptors (Lipinski definition) is 4. The summed E-state index contributed by atoms with van der Waals surface area (Å²) in [6.07, 6.45) is 1.08. The summed E-state index contributed by atoms with van der Waals surface area (Å²) in [5, 5.41) is 2.75. The van der Waals surface area contributed by atoms with E-state index in [1.807, 2.05) is 13.0 Å². The van der Waals surface area contributed by atoms with Crippen molar-refractivity contribution in [2.24, 2.45) is 0 Å². The normalized spacial score (nSPS) is 12.3. The molecule has 0 aliphatic heterocycles. The number of nitrogens with zero attached hydrogens (tertiary/aromatic N) is 1. The van der Waals surface area contributed by atoms with Crippen LogP contribution in [-0.2, 0) is 14.8 Å². The van der Waals surface area contributed by atoms with Gasteiger partial charge < -0.3 is 10.1 Å². The van der Waals surface area contributed by atoms with E-state index in [0.29, 0.717) is 28.2 Å². The number of ether oxygens (including phenoxy) is 1. The Balaban J connectivity index is 2.28. The van der Waals surface area contributed by atoms with E-state index in [4.69, 9.17) is 4.74 Å². The second kappa shape index (κ2) is 8.55. The SMILES string of the molecule is CCOc1ccc(N([C@H](C)C(=O)Nc2ccccc2Br)S(C)(=O)=O)cc1. The van der Waals surface area contributed by atoms with Crippen LogP contribution < -0.4 is 14.4 Å². The van der Waals surface area contributed by atoms with Crippen LogP contribution in [0.4, 0.5) is 11.4 Å². The molecule has 0 fully saturated rings. The number of anilines is 2. The lowest BCUT2D eigenvalue weighted by molar-refractivity contribution is -0.116. The molecule has 0 bridgehead atoms. The molecule has 1 amide bonds. The Labute approximate surface area is 162 Å². The molecule has 0 spiro atoms. The van der Waals surface area contributed by atoms with Crippen LogP contribution in [0.15, 0.2) is 53.0 Å². The van der Waals surface area contributed by atoms with Crippen LogP contribution in [0.2, 0.25) is 0 Å². The number of carbonyl (C=O) groups excluding carboxylic acids is 1. The highest BCUT2D eigenvalue weighted by atomic mass is 79.9. The third-order valence-electron chi connectivity index (χ3n) is 3.62. The first-order chi connectivity index (χ1) is 12.2. The van der Waals surface area contributed by atoms with Crippen molar-refractivity contribution in [2.45, 2.75) is 19.9 Å². The summed E-state index contributed by atoms with van der Waals surface area (Å²) in [5.74, 6) is 0.200. The predicted molar refractivity (Wildman–Crippen MR) is 107 cm³/mol. The highest BCUT2D eigenvalue weighted by Crippen LogP contribution is 2.26. The number of sulfonamides is 1. The van der Waals surface area contributed by atoms with Gasteiger partial charge in [-0.2, -0.15) is 0 Å². The average molecular weight is 441 g/mol. The Kier molecular flexibility index (Phi) is 6.66. The zero-order valence-corrected chi connectivity index (χ0v) is 17.2. The van der Waals surface area contributed by atoms with Gasteiger partial charge in [0.1, 0.15) is 11.8 Å². The van der Waals surface area contributed by atoms with Gasteiger partial charge in [0.05, 0.1) is 24.2 Å². The highest BCUT2D eigenvalue weighted by Gasteiger charge is 2.29. The van der Waals surface area contributed by atoms with Crippen molar-refractivity contribution in [1.29, 1.82) is 0 Å². The van der Waals surface area contributed by atoms with Crippen LogP contribution >= 0.6 is 15.9 Å². The van der Waals surface area contributed by atoms with Crippen molar-refractivity contribution < 1.29 is 17.9 Å². The van der Waals surface area contributed by atoms with Gasteiger partial charge in [-0.3, -0.25) is 9.10 Å². The molecule has 2 aromatic carbocycles. The van der Waals surface area contributed by atoms with Gasteiger partial charge in [0, 0.05) is 4.47 Å². The summed E-state index contributed by atoms with van der Waals surface area (Å²) >= 11 is 3.36. The average Bonchev–Trinajstić information content (AvgIpc) is 2.57. The van der Waals surface area contributed by atoms with E-state index in [9.17, 15) is 13.2 Å². The maximum atomic E-state index is 12.6. The fraction of sp³-hybridized carbons (Fsp3) is 0.278. The first-order valence-electron chi connectivity index (χ1n) is 8.01. The molecule has 2 aromatic rings. The molecule has 6 nitrogen and oxygen atoms in total. The van der Waals surface area contributed by atoms with Gasteiger partial charge in [-0.1, -0.05) is 12.1 Å². The quantitative estimate of drug-likeness (QED) is 0.712. The highest BCUT2D eigenvalue weighted by molar-refractivity contribution is 9.10. The van der Waals surface area contributed by atoms with Crippen LogP contribution in [0.1, 0.15) is 13.8 Å². The molecule has 0 saturated carbocycles. The van der Waals surface area contributed by atoms with Crippen molar-refractivity contribution in [1.82, 2.24) is 0 Å². The van der Waals surface area contributed by atoms with E-state index < -0.39 is 22.0 Å². The fourth-order valence-corrected chi connectivity index (χ4v) is 4.02. The third kappa shape index (κ3) is 4.98. The van der Waals surface area contributed by atoms with Crippen molar-refractivity contribution >= 4 is 43.2 Å². The molecule has 8 heteroatoms. The smallest absolute Gasteiger partial charge is 0.248 e. The molecular formula is C18H21BrN2O4S. The summed E-state index contributed by atoms with van der Waals surface area (Å²) in [5.41, 5.74) is 0.968. The molecule has 1 atom stereocenters. The number of nitrogens with one attached hydrogen (secondary N) is 1. The van der Waals surface area contributed by atoms with Crippen LogP contribution in [0.5, 0.6) is 5.75 Å². The Bertz CT molecular complexity index is 869. The van der Waals surface area contributed by atoms with Gasteiger partial charge in [0.15, 0.2) is 0 Å². The summed E-state index contributed by atoms with van der Waals surface area (Å²) in [6.45, 7) is 3.93. The van der Waals surface area contributed by atoms with E-state index >= 15 is 0 Å². The summed E-state index contributed by atoms with van der Waals surface area (Å²) in [6, 6.07) is 12.8. The van der Waals surface area contributed by atoms with Gasteiger partial charge in [-0.25, -0.2) is 8.42 Å². The van der Waals surface area contributed by atoms with Crippen molar-refractivity contribution in [2.75, 3.05) is 22.5 Å². The van der Waals surface area contributed by atoms with Gasteiger partial charge in [-0.15, -0.1) is 0 Å². The maximum Gasteiger partial charge on any atom is 0.248 e. The number of rotatable bonds is 7.